The first-order chi connectivity index (χ1) is 10.3. The van der Waals surface area contributed by atoms with Gasteiger partial charge in [0.05, 0.1) is 17.0 Å². The van der Waals surface area contributed by atoms with Crippen molar-refractivity contribution in [2.45, 2.75) is 13.3 Å². The molecule has 0 bridgehead atoms. The number of pyridine rings is 1. The molecular formula is C17H16N2O2. The van der Waals surface area contributed by atoms with Crippen LogP contribution in [0.15, 0.2) is 53.1 Å². The molecule has 0 aliphatic rings. The average Bonchev–Trinajstić information content (AvgIpc) is 2.90. The van der Waals surface area contributed by atoms with E-state index >= 15 is 0 Å². The molecule has 4 heteroatoms. The number of aromatic nitrogens is 2. The van der Waals surface area contributed by atoms with Crippen molar-refractivity contribution in [3.05, 3.63) is 60.1 Å². The third-order valence-electron chi connectivity index (χ3n) is 3.32. The summed E-state index contributed by atoms with van der Waals surface area (Å²) in [5, 5.41) is 8.99. The second kappa shape index (κ2) is 5.89. The maximum Gasteiger partial charge on any atom is 0.228 e. The van der Waals surface area contributed by atoms with Crippen LogP contribution in [-0.4, -0.2) is 21.7 Å². The smallest absolute Gasteiger partial charge is 0.228 e. The third kappa shape index (κ3) is 2.85. The maximum absolute atomic E-state index is 8.99. The Bertz CT molecular complexity index is 718. The van der Waals surface area contributed by atoms with Gasteiger partial charge in [-0.1, -0.05) is 30.3 Å². The molecule has 3 aromatic rings. The molecule has 4 nitrogen and oxygen atoms in total. The van der Waals surface area contributed by atoms with Crippen LogP contribution in [0, 0.1) is 6.92 Å². The van der Waals surface area contributed by atoms with E-state index in [4.69, 9.17) is 9.52 Å². The Morgan fingerprint density at radius 2 is 1.86 bits per heavy atom. The fourth-order valence-corrected chi connectivity index (χ4v) is 2.19. The van der Waals surface area contributed by atoms with Crippen LogP contribution in [0.4, 0.5) is 0 Å². The van der Waals surface area contributed by atoms with Gasteiger partial charge in [0.25, 0.3) is 0 Å². The molecule has 0 aliphatic carbocycles. The minimum Gasteiger partial charge on any atom is -0.441 e. The molecule has 0 aliphatic heterocycles. The minimum absolute atomic E-state index is 0.0675. The number of aliphatic hydroxyl groups excluding tert-OH is 1. The molecule has 2 heterocycles. The van der Waals surface area contributed by atoms with Crippen LogP contribution in [0.3, 0.4) is 0 Å². The van der Waals surface area contributed by atoms with E-state index in [1.54, 1.807) is 6.20 Å². The summed E-state index contributed by atoms with van der Waals surface area (Å²) in [6.45, 7) is 1.92. The van der Waals surface area contributed by atoms with Crippen molar-refractivity contribution in [1.82, 2.24) is 9.97 Å². The number of oxazole rings is 1. The summed E-state index contributed by atoms with van der Waals surface area (Å²) in [5.74, 6) is 1.29. The summed E-state index contributed by atoms with van der Waals surface area (Å²) in [6.07, 6.45) is 2.27. The van der Waals surface area contributed by atoms with Gasteiger partial charge in [-0.25, -0.2) is 4.98 Å². The summed E-state index contributed by atoms with van der Waals surface area (Å²) >= 11 is 0. The number of rotatable bonds is 4. The van der Waals surface area contributed by atoms with Gasteiger partial charge in [0, 0.05) is 24.8 Å². The van der Waals surface area contributed by atoms with Gasteiger partial charge in [-0.3, -0.25) is 4.98 Å². The lowest BCUT2D eigenvalue weighted by Gasteiger charge is -2.01. The number of hydrogen-bond donors (Lipinski definition) is 1. The lowest BCUT2D eigenvalue weighted by molar-refractivity contribution is 0.297. The Balaban J connectivity index is 1.89. The van der Waals surface area contributed by atoms with E-state index in [0.717, 1.165) is 28.3 Å². The van der Waals surface area contributed by atoms with Crippen LogP contribution in [0.25, 0.3) is 22.7 Å². The molecule has 0 spiro atoms. The van der Waals surface area contributed by atoms with E-state index in [0.29, 0.717) is 12.3 Å². The molecule has 0 radical (unpaired) electrons. The Labute approximate surface area is 123 Å². The molecule has 106 valence electrons. The van der Waals surface area contributed by atoms with E-state index in [-0.39, 0.29) is 6.61 Å². The van der Waals surface area contributed by atoms with Crippen LogP contribution in [0.1, 0.15) is 11.5 Å². The van der Waals surface area contributed by atoms with Gasteiger partial charge in [-0.05, 0) is 19.1 Å². The first kappa shape index (κ1) is 13.5. The van der Waals surface area contributed by atoms with Crippen molar-refractivity contribution < 1.29 is 9.52 Å². The van der Waals surface area contributed by atoms with Gasteiger partial charge < -0.3 is 9.52 Å². The molecular weight excluding hydrogens is 264 g/mol. The highest BCUT2D eigenvalue weighted by molar-refractivity contribution is 5.62. The lowest BCUT2D eigenvalue weighted by atomic mass is 10.1. The van der Waals surface area contributed by atoms with Crippen LogP contribution >= 0.6 is 0 Å². The van der Waals surface area contributed by atoms with Gasteiger partial charge in [0.2, 0.25) is 5.89 Å². The highest BCUT2D eigenvalue weighted by atomic mass is 16.4. The van der Waals surface area contributed by atoms with Gasteiger partial charge in [-0.2, -0.15) is 0 Å². The zero-order valence-corrected chi connectivity index (χ0v) is 11.8. The summed E-state index contributed by atoms with van der Waals surface area (Å²) in [7, 11) is 0. The maximum atomic E-state index is 8.99. The zero-order valence-electron chi connectivity index (χ0n) is 11.8. The summed E-state index contributed by atoms with van der Waals surface area (Å²) < 4.78 is 5.64. The van der Waals surface area contributed by atoms with E-state index in [2.05, 4.69) is 9.97 Å². The highest BCUT2D eigenvalue weighted by Gasteiger charge is 2.11. The molecule has 0 saturated carbocycles. The second-order valence-electron chi connectivity index (χ2n) is 4.79. The van der Waals surface area contributed by atoms with E-state index in [1.165, 1.54) is 0 Å². The van der Waals surface area contributed by atoms with Gasteiger partial charge in [0.1, 0.15) is 5.76 Å². The van der Waals surface area contributed by atoms with E-state index in [9.17, 15) is 0 Å². The molecule has 2 aromatic heterocycles. The minimum atomic E-state index is 0.0675. The Hall–Kier alpha value is -2.46. The number of aliphatic hydroxyl groups is 1. The monoisotopic (exact) mass is 280 g/mol. The van der Waals surface area contributed by atoms with Crippen molar-refractivity contribution in [1.29, 1.82) is 0 Å². The number of hydrogen-bond acceptors (Lipinski definition) is 4. The largest absolute Gasteiger partial charge is 0.441 e. The fourth-order valence-electron chi connectivity index (χ4n) is 2.19. The Morgan fingerprint density at radius 3 is 2.52 bits per heavy atom. The average molecular weight is 280 g/mol. The SMILES string of the molecule is Cc1oc(-c2ccc(-c3ccccc3)nc2)nc1CCO. The summed E-state index contributed by atoms with van der Waals surface area (Å²) in [5.41, 5.74) is 3.62. The van der Waals surface area contributed by atoms with Crippen LogP contribution in [-0.2, 0) is 6.42 Å². The molecule has 1 aromatic carbocycles. The highest BCUT2D eigenvalue weighted by Crippen LogP contribution is 2.24. The molecule has 1 N–H and O–H groups in total. The lowest BCUT2D eigenvalue weighted by Crippen LogP contribution is -1.92. The summed E-state index contributed by atoms with van der Waals surface area (Å²) in [4.78, 5) is 8.87. The van der Waals surface area contributed by atoms with Crippen molar-refractivity contribution in [3.63, 3.8) is 0 Å². The molecule has 0 amide bonds. The predicted molar refractivity (Wildman–Crippen MR) is 80.7 cm³/mol. The zero-order chi connectivity index (χ0) is 14.7. The second-order valence-corrected chi connectivity index (χ2v) is 4.79. The van der Waals surface area contributed by atoms with Crippen molar-refractivity contribution >= 4 is 0 Å². The first-order valence-electron chi connectivity index (χ1n) is 6.87. The summed E-state index contributed by atoms with van der Waals surface area (Å²) in [6, 6.07) is 13.9. The molecule has 0 atom stereocenters. The standard InChI is InChI=1S/C17H16N2O2/c1-12-15(9-10-20)19-17(21-12)14-7-8-16(18-11-14)13-5-3-2-4-6-13/h2-8,11,20H,9-10H2,1H3. The molecule has 0 unspecified atom stereocenters. The number of benzene rings is 1. The van der Waals surface area contributed by atoms with Crippen LogP contribution < -0.4 is 0 Å². The van der Waals surface area contributed by atoms with E-state index in [1.807, 2.05) is 49.4 Å². The fraction of sp³-hybridized carbons (Fsp3) is 0.176. The molecule has 21 heavy (non-hydrogen) atoms. The van der Waals surface area contributed by atoms with Gasteiger partial charge in [0.15, 0.2) is 0 Å². The topological polar surface area (TPSA) is 59.2 Å². The van der Waals surface area contributed by atoms with Crippen molar-refractivity contribution in [2.75, 3.05) is 6.61 Å². The number of aryl methyl sites for hydroxylation is 1. The first-order valence-corrected chi connectivity index (χ1v) is 6.87. The van der Waals surface area contributed by atoms with E-state index < -0.39 is 0 Å². The quantitative estimate of drug-likeness (QED) is 0.797. The molecule has 0 fully saturated rings. The van der Waals surface area contributed by atoms with Crippen molar-refractivity contribution in [3.8, 4) is 22.7 Å². The number of nitrogens with zero attached hydrogens (tertiary/aromatic N) is 2. The molecule has 3 rings (SSSR count). The van der Waals surface area contributed by atoms with Crippen LogP contribution in [0.2, 0.25) is 0 Å². The Morgan fingerprint density at radius 1 is 1.05 bits per heavy atom. The third-order valence-corrected chi connectivity index (χ3v) is 3.32. The molecule has 0 saturated heterocycles. The van der Waals surface area contributed by atoms with Gasteiger partial charge >= 0.3 is 0 Å². The van der Waals surface area contributed by atoms with Gasteiger partial charge in [-0.15, -0.1) is 0 Å². The Kier molecular flexibility index (Phi) is 3.79. The predicted octanol–water partition coefficient (Wildman–Crippen LogP) is 3.25. The normalized spacial score (nSPS) is 10.8. The van der Waals surface area contributed by atoms with Crippen molar-refractivity contribution in [2.24, 2.45) is 0 Å². The van der Waals surface area contributed by atoms with Crippen LogP contribution in [0.5, 0.6) is 0 Å².